The van der Waals surface area contributed by atoms with Crippen molar-refractivity contribution in [1.82, 2.24) is 4.90 Å². The molecular weight excluding hydrogens is 234 g/mol. The van der Waals surface area contributed by atoms with Crippen LogP contribution in [0.1, 0.15) is 28.8 Å². The van der Waals surface area contributed by atoms with Gasteiger partial charge in [0, 0.05) is 6.54 Å². The molecule has 5 nitrogen and oxygen atoms in total. The van der Waals surface area contributed by atoms with Crippen LogP contribution in [-0.2, 0) is 4.79 Å². The summed E-state index contributed by atoms with van der Waals surface area (Å²) in [5, 5.41) is 18.9. The molecule has 0 aromatic heterocycles. The lowest BCUT2D eigenvalue weighted by molar-refractivity contribution is -0.141. The highest BCUT2D eigenvalue weighted by molar-refractivity contribution is 5.99. The number of aliphatic carboxylic acids is 1. The van der Waals surface area contributed by atoms with Gasteiger partial charge in [-0.2, -0.15) is 0 Å². The number of carboxylic acid groups (broad SMARTS) is 1. The lowest BCUT2D eigenvalue weighted by atomic mass is 10.1. The number of amides is 1. The average Bonchev–Trinajstić information content (AvgIpc) is 2.81. The van der Waals surface area contributed by atoms with Gasteiger partial charge in [-0.1, -0.05) is 12.1 Å². The van der Waals surface area contributed by atoms with E-state index in [4.69, 9.17) is 5.11 Å². The summed E-state index contributed by atoms with van der Waals surface area (Å²) in [7, 11) is 0. The first-order valence-electron chi connectivity index (χ1n) is 5.84. The Balaban J connectivity index is 2.31. The number of aromatic hydroxyl groups is 1. The van der Waals surface area contributed by atoms with Crippen molar-refractivity contribution in [2.45, 2.75) is 25.8 Å². The molecule has 0 bridgehead atoms. The van der Waals surface area contributed by atoms with Gasteiger partial charge in [-0.15, -0.1) is 0 Å². The minimum Gasteiger partial charge on any atom is -0.507 e. The molecular formula is C13H15NO4. The van der Waals surface area contributed by atoms with Crippen LogP contribution in [0.25, 0.3) is 0 Å². The molecule has 1 aromatic rings. The minimum absolute atomic E-state index is 0.0708. The second kappa shape index (κ2) is 4.68. The first kappa shape index (κ1) is 12.4. The Labute approximate surface area is 105 Å². The predicted octanol–water partition coefficient (Wildman–Crippen LogP) is 1.39. The molecule has 1 atom stereocenters. The molecule has 5 heteroatoms. The molecule has 0 spiro atoms. The number of carbonyl (C=O) groups excluding carboxylic acids is 1. The second-order valence-corrected chi connectivity index (χ2v) is 4.47. The average molecular weight is 249 g/mol. The van der Waals surface area contributed by atoms with E-state index in [9.17, 15) is 14.7 Å². The highest BCUT2D eigenvalue weighted by Gasteiger charge is 2.35. The third-order valence-corrected chi connectivity index (χ3v) is 3.27. The molecule has 18 heavy (non-hydrogen) atoms. The Morgan fingerprint density at radius 1 is 1.39 bits per heavy atom. The summed E-state index contributed by atoms with van der Waals surface area (Å²) in [5.41, 5.74) is 0.773. The van der Waals surface area contributed by atoms with Crippen molar-refractivity contribution < 1.29 is 19.8 Å². The quantitative estimate of drug-likeness (QED) is 0.830. The van der Waals surface area contributed by atoms with Gasteiger partial charge in [0.25, 0.3) is 5.91 Å². The zero-order chi connectivity index (χ0) is 13.3. The monoisotopic (exact) mass is 249 g/mol. The molecule has 2 rings (SSSR count). The fraction of sp³-hybridized carbons (Fsp3) is 0.385. The SMILES string of the molecule is Cc1cccc(C(=O)N2CCC[C@H]2C(=O)O)c1O. The van der Waals surface area contributed by atoms with Crippen LogP contribution in [-0.4, -0.2) is 39.6 Å². The fourth-order valence-electron chi connectivity index (χ4n) is 2.25. The number of carbonyl (C=O) groups is 2. The molecule has 1 aliphatic rings. The first-order chi connectivity index (χ1) is 8.52. The van der Waals surface area contributed by atoms with E-state index in [0.29, 0.717) is 24.9 Å². The van der Waals surface area contributed by atoms with Gasteiger partial charge in [-0.3, -0.25) is 4.79 Å². The van der Waals surface area contributed by atoms with Crippen molar-refractivity contribution in [2.24, 2.45) is 0 Å². The second-order valence-electron chi connectivity index (χ2n) is 4.47. The van der Waals surface area contributed by atoms with Crippen LogP contribution < -0.4 is 0 Å². The number of nitrogens with zero attached hydrogens (tertiary/aromatic N) is 1. The topological polar surface area (TPSA) is 77.8 Å². The van der Waals surface area contributed by atoms with E-state index in [1.54, 1.807) is 19.1 Å². The summed E-state index contributed by atoms with van der Waals surface area (Å²) in [6.45, 7) is 2.12. The molecule has 2 N–H and O–H groups in total. The summed E-state index contributed by atoms with van der Waals surface area (Å²) in [6, 6.07) is 4.11. The Hall–Kier alpha value is -2.04. The maximum atomic E-state index is 12.2. The largest absolute Gasteiger partial charge is 0.507 e. The number of carboxylic acids is 1. The number of rotatable bonds is 2. The lowest BCUT2D eigenvalue weighted by Gasteiger charge is -2.22. The standard InChI is InChI=1S/C13H15NO4/c1-8-4-2-5-9(11(8)15)12(16)14-7-3-6-10(14)13(17)18/h2,4-5,10,15H,3,6-7H2,1H3,(H,17,18)/t10-/m0/s1. The number of para-hydroxylation sites is 1. The molecule has 0 radical (unpaired) electrons. The molecule has 0 unspecified atom stereocenters. The van der Waals surface area contributed by atoms with Crippen LogP contribution in [0.2, 0.25) is 0 Å². The molecule has 1 fully saturated rings. The number of phenols is 1. The van der Waals surface area contributed by atoms with E-state index >= 15 is 0 Å². The highest BCUT2D eigenvalue weighted by Crippen LogP contribution is 2.26. The summed E-state index contributed by atoms with van der Waals surface area (Å²) < 4.78 is 0. The minimum atomic E-state index is -0.993. The molecule has 1 aromatic carbocycles. The molecule has 1 aliphatic heterocycles. The molecule has 0 saturated carbocycles. The van der Waals surface area contributed by atoms with Gasteiger partial charge < -0.3 is 15.1 Å². The molecule has 1 saturated heterocycles. The number of hydrogen-bond acceptors (Lipinski definition) is 3. The third kappa shape index (κ3) is 2.03. The summed E-state index contributed by atoms with van der Waals surface area (Å²) in [6.07, 6.45) is 1.14. The van der Waals surface area contributed by atoms with Crippen LogP contribution in [0.15, 0.2) is 18.2 Å². The first-order valence-corrected chi connectivity index (χ1v) is 5.84. The van der Waals surface area contributed by atoms with Crippen LogP contribution in [0, 0.1) is 6.92 Å². The van der Waals surface area contributed by atoms with Crippen molar-refractivity contribution >= 4 is 11.9 Å². The van der Waals surface area contributed by atoms with Crippen LogP contribution in [0.3, 0.4) is 0 Å². The fourth-order valence-corrected chi connectivity index (χ4v) is 2.25. The summed E-state index contributed by atoms with van der Waals surface area (Å²) >= 11 is 0. The van der Waals surface area contributed by atoms with Gasteiger partial charge in [0.2, 0.25) is 0 Å². The maximum absolute atomic E-state index is 12.2. The van der Waals surface area contributed by atoms with E-state index < -0.39 is 17.9 Å². The van der Waals surface area contributed by atoms with E-state index in [-0.39, 0.29) is 11.3 Å². The number of phenolic OH excluding ortho intramolecular Hbond substituents is 1. The number of benzene rings is 1. The zero-order valence-corrected chi connectivity index (χ0v) is 10.1. The third-order valence-electron chi connectivity index (χ3n) is 3.27. The number of aryl methyl sites for hydroxylation is 1. The Morgan fingerprint density at radius 3 is 2.78 bits per heavy atom. The van der Waals surface area contributed by atoms with Crippen molar-refractivity contribution in [2.75, 3.05) is 6.54 Å². The smallest absolute Gasteiger partial charge is 0.326 e. The van der Waals surface area contributed by atoms with Gasteiger partial charge in [0.1, 0.15) is 11.8 Å². The van der Waals surface area contributed by atoms with Gasteiger partial charge in [0.15, 0.2) is 0 Å². The van der Waals surface area contributed by atoms with Crippen LogP contribution in [0.5, 0.6) is 5.75 Å². The number of hydrogen-bond donors (Lipinski definition) is 2. The summed E-state index contributed by atoms with van der Waals surface area (Å²) in [4.78, 5) is 24.6. The number of likely N-dealkylation sites (tertiary alicyclic amines) is 1. The molecule has 1 heterocycles. The highest BCUT2D eigenvalue weighted by atomic mass is 16.4. The molecule has 0 aliphatic carbocycles. The van der Waals surface area contributed by atoms with Crippen LogP contribution in [0.4, 0.5) is 0 Å². The van der Waals surface area contributed by atoms with Gasteiger partial charge in [-0.25, -0.2) is 4.79 Å². The van der Waals surface area contributed by atoms with Gasteiger partial charge in [0.05, 0.1) is 5.56 Å². The van der Waals surface area contributed by atoms with Gasteiger partial charge >= 0.3 is 5.97 Å². The maximum Gasteiger partial charge on any atom is 0.326 e. The zero-order valence-electron chi connectivity index (χ0n) is 10.1. The molecule has 1 amide bonds. The normalized spacial score (nSPS) is 18.9. The lowest BCUT2D eigenvalue weighted by Crippen LogP contribution is -2.40. The van der Waals surface area contributed by atoms with E-state index in [1.807, 2.05) is 0 Å². The predicted molar refractivity (Wildman–Crippen MR) is 64.5 cm³/mol. The summed E-state index contributed by atoms with van der Waals surface area (Å²) in [5.74, 6) is -1.48. The van der Waals surface area contributed by atoms with Crippen molar-refractivity contribution in [1.29, 1.82) is 0 Å². The molecule has 96 valence electrons. The van der Waals surface area contributed by atoms with Crippen LogP contribution >= 0.6 is 0 Å². The van der Waals surface area contributed by atoms with E-state index in [2.05, 4.69) is 0 Å². The Kier molecular flexibility index (Phi) is 3.23. The van der Waals surface area contributed by atoms with E-state index in [0.717, 1.165) is 0 Å². The van der Waals surface area contributed by atoms with Gasteiger partial charge in [-0.05, 0) is 31.4 Å². The Morgan fingerprint density at radius 2 is 2.11 bits per heavy atom. The van der Waals surface area contributed by atoms with Crippen molar-refractivity contribution in [3.8, 4) is 5.75 Å². The van der Waals surface area contributed by atoms with Crippen molar-refractivity contribution in [3.63, 3.8) is 0 Å². The van der Waals surface area contributed by atoms with Crippen molar-refractivity contribution in [3.05, 3.63) is 29.3 Å². The Bertz CT molecular complexity index is 498. The van der Waals surface area contributed by atoms with E-state index in [1.165, 1.54) is 11.0 Å².